The molecule has 1 saturated heterocycles. The Morgan fingerprint density at radius 3 is 2.21 bits per heavy atom. The third kappa shape index (κ3) is 3.87. The Morgan fingerprint density at radius 2 is 1.65 bits per heavy atom. The quantitative estimate of drug-likeness (QED) is 0.609. The highest BCUT2D eigenvalue weighted by Crippen LogP contribution is 2.60. The van der Waals surface area contributed by atoms with Crippen LogP contribution in [0.4, 0.5) is 13.2 Å². The van der Waals surface area contributed by atoms with Crippen LogP contribution in [0.1, 0.15) is 79.6 Å². The number of rotatable bonds is 6. The van der Waals surface area contributed by atoms with Crippen LogP contribution in [-0.4, -0.2) is 47.0 Å². The Labute approximate surface area is 196 Å². The van der Waals surface area contributed by atoms with E-state index in [-0.39, 0.29) is 16.9 Å². The van der Waals surface area contributed by atoms with Gasteiger partial charge < -0.3 is 14.7 Å². The van der Waals surface area contributed by atoms with Gasteiger partial charge in [-0.15, -0.1) is 0 Å². The molecule has 1 N–H and O–H groups in total. The van der Waals surface area contributed by atoms with Crippen LogP contribution in [0.2, 0.25) is 0 Å². The maximum absolute atomic E-state index is 15.2. The lowest BCUT2D eigenvalue weighted by Crippen LogP contribution is -2.48. The van der Waals surface area contributed by atoms with E-state index >= 15 is 4.39 Å². The minimum atomic E-state index is -3.31. The molecule has 5 saturated carbocycles. The number of carboxylic acids is 1. The number of hydrogen-bond acceptors (Lipinski definition) is 3. The predicted octanol–water partition coefficient (Wildman–Crippen LogP) is 5.23. The van der Waals surface area contributed by atoms with Crippen LogP contribution >= 0.6 is 0 Å². The summed E-state index contributed by atoms with van der Waals surface area (Å²) in [7, 11) is 0. The van der Waals surface area contributed by atoms with Crippen LogP contribution in [0.25, 0.3) is 0 Å². The molecule has 8 heteroatoms. The van der Waals surface area contributed by atoms with E-state index in [9.17, 15) is 23.5 Å². The molecular weight excluding hydrogens is 447 g/mol. The molecule has 1 atom stereocenters. The lowest BCUT2D eigenvalue weighted by Gasteiger charge is -2.56. The van der Waals surface area contributed by atoms with Gasteiger partial charge in [0.1, 0.15) is 17.6 Å². The molecule has 0 spiro atoms. The minimum Gasteiger partial charge on any atom is -0.493 e. The number of aliphatic carboxylic acids is 1. The number of carbonyl (C=O) groups is 2. The number of likely N-dealkylation sites (tertiary alicyclic amines) is 1. The second kappa shape index (κ2) is 7.62. The first-order chi connectivity index (χ1) is 16.1. The molecule has 5 nitrogen and oxygen atoms in total. The molecule has 6 fully saturated rings. The van der Waals surface area contributed by atoms with Crippen molar-refractivity contribution in [3.05, 3.63) is 29.1 Å². The summed E-state index contributed by atoms with van der Waals surface area (Å²) < 4.78 is 49.2. The van der Waals surface area contributed by atoms with Gasteiger partial charge in [0.25, 0.3) is 11.8 Å². The molecule has 6 aliphatic rings. The van der Waals surface area contributed by atoms with E-state index in [2.05, 4.69) is 0 Å². The number of hydrogen-bond donors (Lipinski definition) is 1. The number of alkyl halides is 2. The topological polar surface area (TPSA) is 66.8 Å². The van der Waals surface area contributed by atoms with Crippen molar-refractivity contribution in [2.75, 3.05) is 13.2 Å². The maximum atomic E-state index is 15.2. The van der Waals surface area contributed by atoms with E-state index in [1.807, 2.05) is 0 Å². The van der Waals surface area contributed by atoms with E-state index in [1.54, 1.807) is 0 Å². The predicted molar refractivity (Wildman–Crippen MR) is 116 cm³/mol. The van der Waals surface area contributed by atoms with Gasteiger partial charge in [0.2, 0.25) is 0 Å². The van der Waals surface area contributed by atoms with Gasteiger partial charge in [-0.25, -0.2) is 18.0 Å². The van der Waals surface area contributed by atoms with Gasteiger partial charge in [0.15, 0.2) is 0 Å². The molecule has 0 aromatic heterocycles. The lowest BCUT2D eigenvalue weighted by atomic mass is 9.50. The third-order valence-electron chi connectivity index (χ3n) is 8.86. The molecule has 1 aliphatic heterocycles. The molecule has 0 radical (unpaired) electrons. The molecular formula is C26H30F3NO4. The SMILES string of the molecule is O=C(O)[C@@H]1CC(F)(F)CN1C(=O)c1cc(C2CC2)c(OCC23CC4CC(CC(C4)C2)C3)cc1F. The fourth-order valence-electron chi connectivity index (χ4n) is 7.68. The molecule has 5 aliphatic carbocycles. The largest absolute Gasteiger partial charge is 0.493 e. The van der Waals surface area contributed by atoms with Crippen molar-refractivity contribution in [3.8, 4) is 5.75 Å². The number of nitrogens with zero attached hydrogens (tertiary/aromatic N) is 1. The van der Waals surface area contributed by atoms with Crippen molar-refractivity contribution in [2.45, 2.75) is 75.7 Å². The van der Waals surface area contributed by atoms with E-state index in [0.717, 1.165) is 55.4 Å². The van der Waals surface area contributed by atoms with Crippen LogP contribution < -0.4 is 4.74 Å². The van der Waals surface area contributed by atoms with Crippen LogP contribution in [0.15, 0.2) is 12.1 Å². The minimum absolute atomic E-state index is 0.147. The zero-order chi connectivity index (χ0) is 23.8. The highest BCUT2D eigenvalue weighted by molar-refractivity contribution is 5.97. The van der Waals surface area contributed by atoms with E-state index in [1.165, 1.54) is 31.4 Å². The van der Waals surface area contributed by atoms with Crippen molar-refractivity contribution in [3.63, 3.8) is 0 Å². The molecule has 1 amide bonds. The highest BCUT2D eigenvalue weighted by Gasteiger charge is 2.52. The van der Waals surface area contributed by atoms with Gasteiger partial charge in [0, 0.05) is 17.9 Å². The molecule has 1 heterocycles. The number of halogens is 3. The summed E-state index contributed by atoms with van der Waals surface area (Å²) in [5, 5.41) is 9.32. The normalized spacial score (nSPS) is 35.6. The average Bonchev–Trinajstić information content (AvgIpc) is 3.53. The van der Waals surface area contributed by atoms with E-state index in [0.29, 0.717) is 17.3 Å². The Balaban J connectivity index is 1.25. The van der Waals surface area contributed by atoms with Gasteiger partial charge in [-0.2, -0.15) is 0 Å². The number of carboxylic acid groups (broad SMARTS) is 1. The molecule has 0 unspecified atom stereocenters. The van der Waals surface area contributed by atoms with Crippen molar-refractivity contribution >= 4 is 11.9 Å². The first-order valence-electron chi connectivity index (χ1n) is 12.5. The Hall–Kier alpha value is -2.25. The third-order valence-corrected chi connectivity index (χ3v) is 8.86. The molecule has 7 rings (SSSR count). The number of amides is 1. The van der Waals surface area contributed by atoms with Crippen molar-refractivity contribution in [1.29, 1.82) is 0 Å². The van der Waals surface area contributed by atoms with Gasteiger partial charge in [-0.1, -0.05) is 0 Å². The van der Waals surface area contributed by atoms with Crippen molar-refractivity contribution in [2.24, 2.45) is 23.2 Å². The summed E-state index contributed by atoms with van der Waals surface area (Å²) in [4.78, 5) is 25.1. The standard InChI is InChI=1S/C26H30F3NO4/c27-20-7-22(34-13-25-8-14-3-15(9-25)5-16(4-14)10-25)18(17-1-2-17)6-19(20)23(31)30-12-26(28,29)11-21(30)24(32)33/h6-7,14-17,21H,1-5,8-13H2,(H,32,33)/t14?,15?,16?,21-,25?/m0/s1. The van der Waals surface area contributed by atoms with Gasteiger partial charge >= 0.3 is 5.97 Å². The van der Waals surface area contributed by atoms with Gasteiger partial charge in [0.05, 0.1) is 18.7 Å². The van der Waals surface area contributed by atoms with E-state index < -0.39 is 42.6 Å². The maximum Gasteiger partial charge on any atom is 0.326 e. The summed E-state index contributed by atoms with van der Waals surface area (Å²) in [5.74, 6) is -3.77. The number of carbonyl (C=O) groups excluding carboxylic acids is 1. The Bertz CT molecular complexity index is 1000. The summed E-state index contributed by atoms with van der Waals surface area (Å²) >= 11 is 0. The van der Waals surface area contributed by atoms with Gasteiger partial charge in [-0.3, -0.25) is 4.79 Å². The molecule has 34 heavy (non-hydrogen) atoms. The van der Waals surface area contributed by atoms with E-state index in [4.69, 9.17) is 4.74 Å². The Kier molecular flexibility index (Phi) is 4.98. The zero-order valence-corrected chi connectivity index (χ0v) is 19.1. The monoisotopic (exact) mass is 477 g/mol. The fraction of sp³-hybridized carbons (Fsp3) is 0.692. The first kappa shape index (κ1) is 22.2. The van der Waals surface area contributed by atoms with Crippen molar-refractivity contribution < 1.29 is 32.6 Å². The number of benzene rings is 1. The highest BCUT2D eigenvalue weighted by atomic mass is 19.3. The fourth-order valence-corrected chi connectivity index (χ4v) is 7.68. The second-order valence-corrected chi connectivity index (χ2v) is 11.7. The van der Waals surface area contributed by atoms with Gasteiger partial charge in [-0.05, 0) is 86.7 Å². The summed E-state index contributed by atoms with van der Waals surface area (Å²) in [6, 6.07) is 0.962. The summed E-state index contributed by atoms with van der Waals surface area (Å²) in [5.41, 5.74) is 0.524. The van der Waals surface area contributed by atoms with Crippen molar-refractivity contribution in [1.82, 2.24) is 4.90 Å². The Morgan fingerprint density at radius 1 is 1.03 bits per heavy atom. The van der Waals surface area contributed by atoms with Crippen LogP contribution in [0, 0.1) is 29.0 Å². The zero-order valence-electron chi connectivity index (χ0n) is 19.1. The second-order valence-electron chi connectivity index (χ2n) is 11.7. The lowest BCUT2D eigenvalue weighted by molar-refractivity contribution is -0.141. The van der Waals surface area contributed by atoms with Crippen LogP contribution in [0.3, 0.4) is 0 Å². The average molecular weight is 478 g/mol. The molecule has 4 bridgehead atoms. The first-order valence-corrected chi connectivity index (χ1v) is 12.5. The molecule has 1 aromatic carbocycles. The molecule has 1 aromatic rings. The smallest absolute Gasteiger partial charge is 0.326 e. The molecule has 184 valence electrons. The van der Waals surface area contributed by atoms with Crippen LogP contribution in [0.5, 0.6) is 5.75 Å². The summed E-state index contributed by atoms with van der Waals surface area (Å²) in [6.45, 7) is -0.479. The van der Waals surface area contributed by atoms with Crippen LogP contribution in [-0.2, 0) is 4.79 Å². The number of ether oxygens (including phenoxy) is 1. The summed E-state index contributed by atoms with van der Waals surface area (Å²) in [6.07, 6.45) is 8.29.